The third-order valence-corrected chi connectivity index (χ3v) is 3.41. The smallest absolute Gasteiger partial charge is 0.489 e. The Labute approximate surface area is 123 Å². The van der Waals surface area contributed by atoms with E-state index in [0.29, 0.717) is 17.8 Å². The Bertz CT molecular complexity index is 741. The van der Waals surface area contributed by atoms with Gasteiger partial charge < -0.3 is 14.8 Å². The van der Waals surface area contributed by atoms with Crippen LogP contribution in [0.3, 0.4) is 0 Å². The minimum absolute atomic E-state index is 0.482. The molecule has 0 radical (unpaired) electrons. The molecule has 3 aromatic carbocycles. The molecule has 4 heteroatoms. The number of hydrogen-bond donors (Lipinski definition) is 2. The van der Waals surface area contributed by atoms with E-state index in [-0.39, 0.29) is 0 Å². The summed E-state index contributed by atoms with van der Waals surface area (Å²) in [5.41, 5.74) is 1.57. The predicted molar refractivity (Wildman–Crippen MR) is 84.5 cm³/mol. The number of hydrogen-bond acceptors (Lipinski definition) is 3. The van der Waals surface area contributed by atoms with Gasteiger partial charge in [0, 0.05) is 0 Å². The van der Waals surface area contributed by atoms with Crippen molar-refractivity contribution >= 4 is 23.4 Å². The first-order valence-corrected chi connectivity index (χ1v) is 6.79. The van der Waals surface area contributed by atoms with Gasteiger partial charge in [-0.25, -0.2) is 0 Å². The summed E-state index contributed by atoms with van der Waals surface area (Å²) < 4.78 is 5.77. The van der Waals surface area contributed by atoms with E-state index in [1.54, 1.807) is 6.07 Å². The molecule has 3 nitrogen and oxygen atoms in total. The molecule has 0 saturated carbocycles. The van der Waals surface area contributed by atoms with Crippen LogP contribution in [0.4, 0.5) is 0 Å². The van der Waals surface area contributed by atoms with Gasteiger partial charge in [-0.2, -0.15) is 0 Å². The largest absolute Gasteiger partial charge is 0.489 e. The van der Waals surface area contributed by atoms with Crippen LogP contribution in [0, 0.1) is 0 Å². The quantitative estimate of drug-likeness (QED) is 0.718. The Kier molecular flexibility index (Phi) is 3.91. The molecular formula is C17H15BO3. The number of ether oxygens (including phenoxy) is 1. The molecule has 0 saturated heterocycles. The zero-order valence-corrected chi connectivity index (χ0v) is 11.4. The van der Waals surface area contributed by atoms with Gasteiger partial charge in [-0.15, -0.1) is 0 Å². The minimum Gasteiger partial charge on any atom is -0.489 e. The van der Waals surface area contributed by atoms with Crippen molar-refractivity contribution in [3.63, 3.8) is 0 Å². The van der Waals surface area contributed by atoms with E-state index in [4.69, 9.17) is 4.74 Å². The van der Waals surface area contributed by atoms with Gasteiger partial charge in [0.25, 0.3) is 0 Å². The lowest BCUT2D eigenvalue weighted by atomic mass is 9.77. The van der Waals surface area contributed by atoms with Crippen molar-refractivity contribution in [1.82, 2.24) is 0 Å². The molecule has 2 N–H and O–H groups in total. The first-order valence-electron chi connectivity index (χ1n) is 6.79. The van der Waals surface area contributed by atoms with E-state index in [1.807, 2.05) is 60.7 Å². The van der Waals surface area contributed by atoms with Crippen molar-refractivity contribution in [2.45, 2.75) is 6.61 Å². The Hall–Kier alpha value is -2.30. The fourth-order valence-corrected chi connectivity index (χ4v) is 2.33. The second-order valence-corrected chi connectivity index (χ2v) is 4.88. The van der Waals surface area contributed by atoms with Gasteiger partial charge in [-0.05, 0) is 33.9 Å². The first kappa shape index (κ1) is 13.7. The van der Waals surface area contributed by atoms with E-state index in [0.717, 1.165) is 16.3 Å². The van der Waals surface area contributed by atoms with Crippen molar-refractivity contribution in [2.24, 2.45) is 0 Å². The van der Waals surface area contributed by atoms with Crippen molar-refractivity contribution in [3.05, 3.63) is 72.3 Å². The number of benzene rings is 3. The molecule has 0 aromatic heterocycles. The summed E-state index contributed by atoms with van der Waals surface area (Å²) in [6.45, 7) is 0.482. The van der Waals surface area contributed by atoms with E-state index < -0.39 is 7.12 Å². The van der Waals surface area contributed by atoms with Crippen LogP contribution >= 0.6 is 0 Å². The molecular weight excluding hydrogens is 263 g/mol. The van der Waals surface area contributed by atoms with Gasteiger partial charge in [0.15, 0.2) is 0 Å². The lowest BCUT2D eigenvalue weighted by Crippen LogP contribution is -2.30. The molecule has 0 fully saturated rings. The summed E-state index contributed by atoms with van der Waals surface area (Å²) >= 11 is 0. The maximum Gasteiger partial charge on any atom is 0.489 e. The van der Waals surface area contributed by atoms with Crippen molar-refractivity contribution in [2.75, 3.05) is 0 Å². The van der Waals surface area contributed by atoms with Crippen molar-refractivity contribution < 1.29 is 14.8 Å². The second-order valence-electron chi connectivity index (χ2n) is 4.88. The topological polar surface area (TPSA) is 49.7 Å². The second kappa shape index (κ2) is 6.00. The normalized spacial score (nSPS) is 10.6. The molecule has 3 aromatic rings. The molecule has 0 spiro atoms. The highest BCUT2D eigenvalue weighted by molar-refractivity contribution is 6.62. The van der Waals surface area contributed by atoms with Crippen molar-refractivity contribution in [3.8, 4) is 5.75 Å². The van der Waals surface area contributed by atoms with Crippen LogP contribution in [0.2, 0.25) is 0 Å². The van der Waals surface area contributed by atoms with Crippen LogP contribution in [-0.2, 0) is 6.61 Å². The van der Waals surface area contributed by atoms with Crippen LogP contribution in [0.25, 0.3) is 10.8 Å². The third-order valence-electron chi connectivity index (χ3n) is 3.41. The van der Waals surface area contributed by atoms with Crippen LogP contribution in [0.5, 0.6) is 5.75 Å². The van der Waals surface area contributed by atoms with Gasteiger partial charge in [0.05, 0.1) is 0 Å². The highest BCUT2D eigenvalue weighted by Crippen LogP contribution is 2.20. The molecule has 0 bridgehead atoms. The number of fused-ring (bicyclic) bond motifs is 1. The maximum atomic E-state index is 9.44. The molecule has 0 amide bonds. The average molecular weight is 278 g/mol. The minimum atomic E-state index is -1.49. The van der Waals surface area contributed by atoms with Crippen LogP contribution in [0.15, 0.2) is 66.7 Å². The Balaban J connectivity index is 1.88. The maximum absolute atomic E-state index is 9.44. The highest BCUT2D eigenvalue weighted by atomic mass is 16.5. The third kappa shape index (κ3) is 3.07. The Morgan fingerprint density at radius 2 is 1.67 bits per heavy atom. The standard InChI is InChI=1S/C17H15BO3/c19-18(20)17-8-4-7-14-9-10-15(11-16(14)17)21-12-13-5-2-1-3-6-13/h1-11,19-20H,12H2. The molecule has 0 unspecified atom stereocenters. The van der Waals surface area contributed by atoms with E-state index >= 15 is 0 Å². The molecule has 21 heavy (non-hydrogen) atoms. The average Bonchev–Trinajstić information content (AvgIpc) is 2.53. The molecule has 0 aliphatic rings. The lowest BCUT2D eigenvalue weighted by molar-refractivity contribution is 0.306. The molecule has 3 rings (SSSR count). The fourth-order valence-electron chi connectivity index (χ4n) is 2.33. The highest BCUT2D eigenvalue weighted by Gasteiger charge is 2.14. The van der Waals surface area contributed by atoms with Gasteiger partial charge in [-0.1, -0.05) is 54.6 Å². The van der Waals surface area contributed by atoms with Crippen LogP contribution < -0.4 is 10.2 Å². The van der Waals surface area contributed by atoms with Gasteiger partial charge >= 0.3 is 7.12 Å². The van der Waals surface area contributed by atoms with E-state index in [9.17, 15) is 10.0 Å². The monoisotopic (exact) mass is 278 g/mol. The predicted octanol–water partition coefficient (Wildman–Crippen LogP) is 2.10. The van der Waals surface area contributed by atoms with Gasteiger partial charge in [-0.3, -0.25) is 0 Å². The lowest BCUT2D eigenvalue weighted by Gasteiger charge is -2.10. The number of rotatable bonds is 4. The van der Waals surface area contributed by atoms with E-state index in [1.165, 1.54) is 0 Å². The molecule has 0 heterocycles. The summed E-state index contributed by atoms with van der Waals surface area (Å²) in [7, 11) is -1.49. The summed E-state index contributed by atoms with van der Waals surface area (Å²) in [5.74, 6) is 0.708. The molecule has 0 aliphatic heterocycles. The zero-order chi connectivity index (χ0) is 14.7. The zero-order valence-electron chi connectivity index (χ0n) is 11.4. The summed E-state index contributed by atoms with van der Waals surface area (Å²) in [4.78, 5) is 0. The summed E-state index contributed by atoms with van der Waals surface area (Å²) in [6, 6.07) is 21.0. The SMILES string of the molecule is OB(O)c1cccc2ccc(OCc3ccccc3)cc12. The van der Waals surface area contributed by atoms with Crippen molar-refractivity contribution in [1.29, 1.82) is 0 Å². The Morgan fingerprint density at radius 1 is 0.857 bits per heavy atom. The molecule has 104 valence electrons. The first-order chi connectivity index (χ1) is 10.2. The van der Waals surface area contributed by atoms with Crippen LogP contribution in [-0.4, -0.2) is 17.2 Å². The summed E-state index contributed by atoms with van der Waals surface area (Å²) in [5, 5.41) is 20.6. The molecule has 0 atom stereocenters. The molecule has 0 aliphatic carbocycles. The van der Waals surface area contributed by atoms with Gasteiger partial charge in [0.2, 0.25) is 0 Å². The fraction of sp³-hybridized carbons (Fsp3) is 0.0588. The Morgan fingerprint density at radius 3 is 2.43 bits per heavy atom. The van der Waals surface area contributed by atoms with Crippen LogP contribution in [0.1, 0.15) is 5.56 Å². The summed E-state index contributed by atoms with van der Waals surface area (Å²) in [6.07, 6.45) is 0. The van der Waals surface area contributed by atoms with Gasteiger partial charge in [0.1, 0.15) is 12.4 Å². The van der Waals surface area contributed by atoms with E-state index in [2.05, 4.69) is 0 Å².